The van der Waals surface area contributed by atoms with Gasteiger partial charge in [0.2, 0.25) is 0 Å². The molecule has 0 saturated carbocycles. The Labute approximate surface area is 105 Å². The zero-order valence-electron chi connectivity index (χ0n) is 9.14. The summed E-state index contributed by atoms with van der Waals surface area (Å²) in [5.74, 6) is -0.193. The minimum absolute atomic E-state index is 0.168. The molecule has 0 aromatic heterocycles. The maximum Gasteiger partial charge on any atom is 0.411 e. The molecule has 17 heavy (non-hydrogen) atoms. The van der Waals surface area contributed by atoms with Crippen LogP contribution in [0.4, 0.5) is 10.5 Å². The van der Waals surface area contributed by atoms with E-state index in [1.807, 2.05) is 0 Å². The van der Waals surface area contributed by atoms with Gasteiger partial charge in [0.15, 0.2) is 9.84 Å². The van der Waals surface area contributed by atoms with E-state index in [1.54, 1.807) is 24.3 Å². The lowest BCUT2D eigenvalue weighted by Gasteiger charge is -2.06. The highest BCUT2D eigenvalue weighted by Gasteiger charge is 2.06. The molecule has 0 aliphatic heterocycles. The van der Waals surface area contributed by atoms with E-state index in [0.717, 1.165) is 6.26 Å². The smallest absolute Gasteiger partial charge is 0.411 e. The van der Waals surface area contributed by atoms with E-state index in [1.165, 1.54) is 0 Å². The molecule has 1 aromatic carbocycles. The highest BCUT2D eigenvalue weighted by Crippen LogP contribution is 2.13. The van der Waals surface area contributed by atoms with Crippen LogP contribution in [0.1, 0.15) is 0 Å². The number of halogens is 1. The zero-order valence-corrected chi connectivity index (χ0v) is 10.7. The number of benzene rings is 1. The first-order valence-electron chi connectivity index (χ1n) is 4.74. The van der Waals surface area contributed by atoms with Crippen molar-refractivity contribution in [2.24, 2.45) is 0 Å². The molecule has 0 unspecified atom stereocenters. The fraction of sp³-hybridized carbons (Fsp3) is 0.300. The summed E-state index contributed by atoms with van der Waals surface area (Å²) >= 11 is 5.67. The molecule has 7 heteroatoms. The van der Waals surface area contributed by atoms with Crippen molar-refractivity contribution in [2.45, 2.75) is 0 Å². The Kier molecular flexibility index (Phi) is 4.77. The van der Waals surface area contributed by atoms with Crippen LogP contribution in [0.2, 0.25) is 5.02 Å². The van der Waals surface area contributed by atoms with E-state index in [4.69, 9.17) is 16.3 Å². The maximum atomic E-state index is 11.2. The van der Waals surface area contributed by atoms with Crippen molar-refractivity contribution < 1.29 is 17.9 Å². The summed E-state index contributed by atoms with van der Waals surface area (Å²) in [5.41, 5.74) is 0.527. The number of ether oxygens (including phenoxy) is 1. The fourth-order valence-corrected chi connectivity index (χ4v) is 1.48. The van der Waals surface area contributed by atoms with Crippen LogP contribution < -0.4 is 5.32 Å². The second kappa shape index (κ2) is 5.88. The van der Waals surface area contributed by atoms with Crippen LogP contribution in [0.5, 0.6) is 0 Å². The van der Waals surface area contributed by atoms with Gasteiger partial charge in [-0.1, -0.05) is 11.6 Å². The molecule has 1 N–H and O–H groups in total. The second-order valence-corrected chi connectivity index (χ2v) is 6.09. The molecule has 0 heterocycles. The number of anilines is 1. The zero-order chi connectivity index (χ0) is 12.9. The summed E-state index contributed by atoms with van der Waals surface area (Å²) in [6.07, 6.45) is 0.379. The number of sulfone groups is 1. The predicted octanol–water partition coefficient (Wildman–Crippen LogP) is 1.93. The van der Waals surface area contributed by atoms with Crippen molar-refractivity contribution in [1.29, 1.82) is 0 Å². The molecule has 0 saturated heterocycles. The van der Waals surface area contributed by atoms with Crippen LogP contribution in [0.25, 0.3) is 0 Å². The van der Waals surface area contributed by atoms with Crippen LogP contribution in [0.3, 0.4) is 0 Å². The van der Waals surface area contributed by atoms with Crippen molar-refractivity contribution in [3.8, 4) is 0 Å². The second-order valence-electron chi connectivity index (χ2n) is 3.40. The molecule has 0 fully saturated rings. The van der Waals surface area contributed by atoms with Crippen LogP contribution in [-0.4, -0.2) is 33.1 Å². The van der Waals surface area contributed by atoms with Crippen molar-refractivity contribution in [3.63, 3.8) is 0 Å². The molecule has 1 rings (SSSR count). The molecule has 0 bridgehead atoms. The quantitative estimate of drug-likeness (QED) is 0.913. The number of nitrogens with one attached hydrogen (secondary N) is 1. The van der Waals surface area contributed by atoms with Crippen molar-refractivity contribution in [2.75, 3.05) is 23.9 Å². The highest BCUT2D eigenvalue weighted by molar-refractivity contribution is 7.90. The van der Waals surface area contributed by atoms with Crippen molar-refractivity contribution in [3.05, 3.63) is 29.3 Å². The number of hydrogen-bond acceptors (Lipinski definition) is 4. The molecule has 0 atom stereocenters. The third-order valence-electron chi connectivity index (χ3n) is 1.78. The number of hydrogen-bond donors (Lipinski definition) is 1. The summed E-state index contributed by atoms with van der Waals surface area (Å²) in [7, 11) is -3.12. The Morgan fingerprint density at radius 3 is 2.47 bits per heavy atom. The lowest BCUT2D eigenvalue weighted by molar-refractivity contribution is 0.168. The summed E-state index contributed by atoms with van der Waals surface area (Å²) in [4.78, 5) is 11.2. The van der Waals surface area contributed by atoms with Crippen LogP contribution in [0.15, 0.2) is 24.3 Å². The summed E-state index contributed by atoms with van der Waals surface area (Å²) < 4.78 is 26.3. The van der Waals surface area contributed by atoms with Gasteiger partial charge < -0.3 is 4.74 Å². The summed E-state index contributed by atoms with van der Waals surface area (Å²) in [6, 6.07) is 6.46. The first kappa shape index (κ1) is 13.8. The van der Waals surface area contributed by atoms with E-state index in [2.05, 4.69) is 5.32 Å². The number of carbonyl (C=O) groups is 1. The van der Waals surface area contributed by atoms with Crippen LogP contribution >= 0.6 is 11.6 Å². The first-order chi connectivity index (χ1) is 7.87. The molecule has 1 aromatic rings. The van der Waals surface area contributed by atoms with E-state index in [-0.39, 0.29) is 12.4 Å². The monoisotopic (exact) mass is 277 g/mol. The SMILES string of the molecule is CS(=O)(=O)CCOC(=O)Nc1ccc(Cl)cc1. The normalized spacial score (nSPS) is 10.9. The number of rotatable bonds is 4. The molecule has 0 radical (unpaired) electrons. The third-order valence-corrected chi connectivity index (χ3v) is 2.94. The third kappa shape index (κ3) is 6.13. The molecule has 0 aliphatic rings. The van der Waals surface area contributed by atoms with E-state index in [9.17, 15) is 13.2 Å². The average Bonchev–Trinajstić information content (AvgIpc) is 2.19. The van der Waals surface area contributed by atoms with Crippen molar-refractivity contribution >= 4 is 33.2 Å². The molecule has 0 spiro atoms. The standard InChI is InChI=1S/C10H12ClNO4S/c1-17(14,15)7-6-16-10(13)12-9-4-2-8(11)3-5-9/h2-5H,6-7H2,1H3,(H,12,13). The first-order valence-corrected chi connectivity index (χ1v) is 7.18. The van der Waals surface area contributed by atoms with Crippen LogP contribution in [0, 0.1) is 0 Å². The lowest BCUT2D eigenvalue weighted by Crippen LogP contribution is -2.18. The Morgan fingerprint density at radius 1 is 1.35 bits per heavy atom. The molecule has 1 amide bonds. The summed E-state index contributed by atoms with van der Waals surface area (Å²) in [6.45, 7) is -0.168. The fourth-order valence-electron chi connectivity index (χ4n) is 0.973. The van der Waals surface area contributed by atoms with Gasteiger partial charge in [-0.2, -0.15) is 0 Å². The van der Waals surface area contributed by atoms with Gasteiger partial charge in [-0.25, -0.2) is 13.2 Å². The minimum atomic E-state index is -3.12. The van der Waals surface area contributed by atoms with Gasteiger partial charge in [0.1, 0.15) is 6.61 Å². The van der Waals surface area contributed by atoms with Gasteiger partial charge in [0, 0.05) is 17.0 Å². The topological polar surface area (TPSA) is 72.5 Å². The number of carbonyl (C=O) groups excluding carboxylic acids is 1. The maximum absolute atomic E-state index is 11.2. The molecule has 94 valence electrons. The average molecular weight is 278 g/mol. The van der Waals surface area contributed by atoms with Gasteiger partial charge in [0.25, 0.3) is 0 Å². The van der Waals surface area contributed by atoms with Crippen molar-refractivity contribution in [1.82, 2.24) is 0 Å². The highest BCUT2D eigenvalue weighted by atomic mass is 35.5. The van der Waals surface area contributed by atoms with Gasteiger partial charge in [-0.15, -0.1) is 0 Å². The van der Waals surface area contributed by atoms with E-state index >= 15 is 0 Å². The predicted molar refractivity (Wildman–Crippen MR) is 66.1 cm³/mol. The Bertz CT molecular complexity index is 484. The molecule has 5 nitrogen and oxygen atoms in total. The Morgan fingerprint density at radius 2 is 1.94 bits per heavy atom. The molecule has 0 aliphatic carbocycles. The van der Waals surface area contributed by atoms with Gasteiger partial charge in [-0.3, -0.25) is 5.32 Å². The number of amides is 1. The molecular weight excluding hydrogens is 266 g/mol. The minimum Gasteiger partial charge on any atom is -0.448 e. The summed E-state index contributed by atoms with van der Waals surface area (Å²) in [5, 5.41) is 3.00. The van der Waals surface area contributed by atoms with Gasteiger partial charge in [0.05, 0.1) is 5.75 Å². The Balaban J connectivity index is 2.37. The van der Waals surface area contributed by atoms with E-state index in [0.29, 0.717) is 10.7 Å². The largest absolute Gasteiger partial charge is 0.448 e. The van der Waals surface area contributed by atoms with Gasteiger partial charge in [-0.05, 0) is 24.3 Å². The lowest BCUT2D eigenvalue weighted by atomic mass is 10.3. The Hall–Kier alpha value is -1.27. The molecular formula is C10H12ClNO4S. The van der Waals surface area contributed by atoms with E-state index < -0.39 is 15.9 Å². The van der Waals surface area contributed by atoms with Crippen LogP contribution in [-0.2, 0) is 14.6 Å². The van der Waals surface area contributed by atoms with Gasteiger partial charge >= 0.3 is 6.09 Å².